The van der Waals surface area contributed by atoms with Crippen LogP contribution < -0.4 is 4.74 Å². The van der Waals surface area contributed by atoms with Crippen LogP contribution in [0.25, 0.3) is 0 Å². The Morgan fingerprint density at radius 1 is 1.09 bits per heavy atom. The monoisotopic (exact) mass is 295 g/mol. The molecule has 1 aliphatic carbocycles. The summed E-state index contributed by atoms with van der Waals surface area (Å²) < 4.78 is 5.25. The van der Waals surface area contributed by atoms with Crippen molar-refractivity contribution >= 4 is 11.7 Å². The van der Waals surface area contributed by atoms with E-state index >= 15 is 0 Å². The third-order valence-corrected chi connectivity index (χ3v) is 3.73. The van der Waals surface area contributed by atoms with Gasteiger partial charge in [-0.05, 0) is 55.2 Å². The Balaban J connectivity index is 1.80. The molecule has 0 radical (unpaired) electrons. The van der Waals surface area contributed by atoms with Gasteiger partial charge in [0.1, 0.15) is 5.75 Å². The Labute approximate surface area is 129 Å². The molecule has 0 unspecified atom stereocenters. The Hall–Kier alpha value is -2.62. The van der Waals surface area contributed by atoms with Gasteiger partial charge in [0, 0.05) is 5.56 Å². The van der Waals surface area contributed by atoms with E-state index in [9.17, 15) is 4.79 Å². The fourth-order valence-electron chi connectivity index (χ4n) is 2.58. The molecule has 0 aliphatic heterocycles. The molecular formula is C18H17NO3. The maximum absolute atomic E-state index is 12.0. The molecule has 0 atom stereocenters. The summed E-state index contributed by atoms with van der Waals surface area (Å²) in [4.78, 5) is 17.0. The van der Waals surface area contributed by atoms with Crippen molar-refractivity contribution in [3.05, 3.63) is 65.2 Å². The molecule has 22 heavy (non-hydrogen) atoms. The zero-order valence-corrected chi connectivity index (χ0v) is 12.4. The first-order valence-corrected chi connectivity index (χ1v) is 7.28. The van der Waals surface area contributed by atoms with Crippen LogP contribution in [0.3, 0.4) is 0 Å². The average Bonchev–Trinajstić information content (AvgIpc) is 2.59. The van der Waals surface area contributed by atoms with Crippen LogP contribution in [0.1, 0.15) is 34.3 Å². The van der Waals surface area contributed by atoms with E-state index in [1.54, 1.807) is 31.4 Å². The second-order valence-electron chi connectivity index (χ2n) is 5.16. The average molecular weight is 295 g/mol. The predicted octanol–water partition coefficient (Wildman–Crippen LogP) is 3.59. The zero-order chi connectivity index (χ0) is 15.4. The molecule has 1 aliphatic rings. The van der Waals surface area contributed by atoms with Crippen LogP contribution in [0.5, 0.6) is 5.75 Å². The molecule has 0 spiro atoms. The summed E-state index contributed by atoms with van der Waals surface area (Å²) in [6, 6.07) is 14.8. The van der Waals surface area contributed by atoms with Crippen LogP contribution in [0.2, 0.25) is 0 Å². The third kappa shape index (κ3) is 3.01. The van der Waals surface area contributed by atoms with Gasteiger partial charge in [0.05, 0.1) is 18.4 Å². The number of benzene rings is 2. The van der Waals surface area contributed by atoms with Crippen LogP contribution >= 0.6 is 0 Å². The first kappa shape index (κ1) is 14.3. The lowest BCUT2D eigenvalue weighted by molar-refractivity contribution is 0.0515. The zero-order valence-electron chi connectivity index (χ0n) is 12.4. The van der Waals surface area contributed by atoms with Crippen LogP contribution in [0.4, 0.5) is 0 Å². The molecule has 112 valence electrons. The minimum Gasteiger partial charge on any atom is -0.497 e. The van der Waals surface area contributed by atoms with E-state index in [-0.39, 0.29) is 0 Å². The molecule has 3 rings (SSSR count). The van der Waals surface area contributed by atoms with Crippen molar-refractivity contribution < 1.29 is 14.4 Å². The Morgan fingerprint density at radius 2 is 1.91 bits per heavy atom. The summed E-state index contributed by atoms with van der Waals surface area (Å²) in [6.45, 7) is 0. The van der Waals surface area contributed by atoms with Crippen LogP contribution in [-0.4, -0.2) is 18.8 Å². The highest BCUT2D eigenvalue weighted by Gasteiger charge is 2.17. The molecule has 2 aromatic carbocycles. The van der Waals surface area contributed by atoms with Gasteiger partial charge in [0.15, 0.2) is 0 Å². The number of fused-ring (bicyclic) bond motifs is 1. The molecule has 0 bridgehead atoms. The second-order valence-corrected chi connectivity index (χ2v) is 5.16. The number of hydrogen-bond acceptors (Lipinski definition) is 4. The quantitative estimate of drug-likeness (QED) is 0.642. The first-order chi connectivity index (χ1) is 10.8. The highest BCUT2D eigenvalue weighted by atomic mass is 16.7. The summed E-state index contributed by atoms with van der Waals surface area (Å²) in [5.41, 5.74) is 3.53. The minimum absolute atomic E-state index is 0.436. The maximum Gasteiger partial charge on any atom is 0.365 e. The fraction of sp³-hybridized carbons (Fsp3) is 0.222. The van der Waals surface area contributed by atoms with Crippen molar-refractivity contribution in [1.82, 2.24) is 0 Å². The molecule has 0 saturated carbocycles. The molecule has 4 heteroatoms. The van der Waals surface area contributed by atoms with Crippen LogP contribution in [-0.2, 0) is 11.3 Å². The predicted molar refractivity (Wildman–Crippen MR) is 84.3 cm³/mol. The number of rotatable bonds is 3. The van der Waals surface area contributed by atoms with Crippen molar-refractivity contribution in [1.29, 1.82) is 0 Å². The molecule has 0 N–H and O–H groups in total. The summed E-state index contributed by atoms with van der Waals surface area (Å²) in [5.74, 6) is 0.398. The summed E-state index contributed by atoms with van der Waals surface area (Å²) in [6.07, 6.45) is 2.78. The van der Waals surface area contributed by atoms with Gasteiger partial charge < -0.3 is 9.57 Å². The van der Waals surface area contributed by atoms with Gasteiger partial charge in [-0.1, -0.05) is 23.4 Å². The van der Waals surface area contributed by atoms with E-state index < -0.39 is 5.97 Å². The standard InChI is InChI=1S/C18H17NO3/c1-21-15-10-11-16-14(12-15)8-5-9-17(16)19-22-18(20)13-6-3-2-4-7-13/h2-4,6-7,10-12H,5,8-9H2,1H3/b19-17+. The van der Waals surface area contributed by atoms with E-state index in [0.717, 1.165) is 36.3 Å². The van der Waals surface area contributed by atoms with Gasteiger partial charge >= 0.3 is 5.97 Å². The van der Waals surface area contributed by atoms with Crippen molar-refractivity contribution in [3.63, 3.8) is 0 Å². The van der Waals surface area contributed by atoms with Crippen molar-refractivity contribution in [2.75, 3.05) is 7.11 Å². The maximum atomic E-state index is 12.0. The summed E-state index contributed by atoms with van der Waals surface area (Å²) in [7, 11) is 1.65. The largest absolute Gasteiger partial charge is 0.497 e. The number of ether oxygens (including phenoxy) is 1. The normalized spacial score (nSPS) is 15.2. The SMILES string of the molecule is COc1ccc2c(c1)CCC/C2=N\OC(=O)c1ccccc1. The smallest absolute Gasteiger partial charge is 0.365 e. The van der Waals surface area contributed by atoms with Gasteiger partial charge in [0.25, 0.3) is 0 Å². The number of hydrogen-bond donors (Lipinski definition) is 0. The lowest BCUT2D eigenvalue weighted by Crippen LogP contribution is -2.13. The number of carbonyl (C=O) groups excluding carboxylic acids is 1. The highest BCUT2D eigenvalue weighted by molar-refractivity contribution is 6.03. The van der Waals surface area contributed by atoms with E-state index in [4.69, 9.17) is 9.57 Å². The van der Waals surface area contributed by atoms with Crippen LogP contribution in [0.15, 0.2) is 53.7 Å². The molecule has 4 nitrogen and oxygen atoms in total. The molecule has 0 fully saturated rings. The van der Waals surface area contributed by atoms with Crippen molar-refractivity contribution in [3.8, 4) is 5.75 Å². The van der Waals surface area contributed by atoms with Crippen LogP contribution in [0, 0.1) is 0 Å². The number of carbonyl (C=O) groups is 1. The van der Waals surface area contributed by atoms with E-state index in [1.165, 1.54) is 5.56 Å². The number of nitrogens with zero attached hydrogens (tertiary/aromatic N) is 1. The number of oxime groups is 1. The lowest BCUT2D eigenvalue weighted by Gasteiger charge is -2.17. The van der Waals surface area contributed by atoms with E-state index in [0.29, 0.717) is 5.56 Å². The third-order valence-electron chi connectivity index (χ3n) is 3.73. The first-order valence-electron chi connectivity index (χ1n) is 7.28. The van der Waals surface area contributed by atoms with Crippen molar-refractivity contribution in [2.24, 2.45) is 5.16 Å². The minimum atomic E-state index is -0.436. The van der Waals surface area contributed by atoms with Crippen molar-refractivity contribution in [2.45, 2.75) is 19.3 Å². The highest BCUT2D eigenvalue weighted by Crippen LogP contribution is 2.26. The van der Waals surface area contributed by atoms with Gasteiger partial charge in [-0.15, -0.1) is 0 Å². The Bertz CT molecular complexity index is 708. The topological polar surface area (TPSA) is 47.9 Å². The Morgan fingerprint density at radius 3 is 2.68 bits per heavy atom. The number of aryl methyl sites for hydroxylation is 1. The van der Waals surface area contributed by atoms with Gasteiger partial charge in [-0.25, -0.2) is 4.79 Å². The molecule has 2 aromatic rings. The van der Waals surface area contributed by atoms with Gasteiger partial charge in [-0.2, -0.15) is 0 Å². The molecule has 0 aromatic heterocycles. The van der Waals surface area contributed by atoms with E-state index in [1.807, 2.05) is 24.3 Å². The number of methoxy groups -OCH3 is 1. The summed E-state index contributed by atoms with van der Waals surface area (Å²) >= 11 is 0. The van der Waals surface area contributed by atoms with Gasteiger partial charge in [0.2, 0.25) is 0 Å². The molecule has 0 saturated heterocycles. The molecule has 0 amide bonds. The summed E-state index contributed by atoms with van der Waals surface area (Å²) in [5, 5.41) is 4.08. The fourth-order valence-corrected chi connectivity index (χ4v) is 2.58. The van der Waals surface area contributed by atoms with E-state index in [2.05, 4.69) is 5.16 Å². The Kier molecular flexibility index (Phi) is 4.19. The molecule has 0 heterocycles. The lowest BCUT2D eigenvalue weighted by atomic mass is 9.90. The second kappa shape index (κ2) is 6.43. The van der Waals surface area contributed by atoms with Gasteiger partial charge in [-0.3, -0.25) is 0 Å². The molecular weight excluding hydrogens is 278 g/mol.